The fraction of sp³-hybridized carbons (Fsp3) is 0.467. The van der Waals surface area contributed by atoms with Crippen LogP contribution in [0.4, 0.5) is 0 Å². The summed E-state index contributed by atoms with van der Waals surface area (Å²) in [6.45, 7) is 4.62. The zero-order valence-electron chi connectivity index (χ0n) is 20.5. The number of hydrogen-bond donors (Lipinski definition) is 0. The van der Waals surface area contributed by atoms with Crippen LogP contribution in [0.5, 0.6) is 11.5 Å². The topological polar surface area (TPSA) is 21.7 Å². The quantitative estimate of drug-likeness (QED) is 0.373. The lowest BCUT2D eigenvalue weighted by Crippen LogP contribution is -2.49. The molecule has 0 N–H and O–H groups in total. The third-order valence-corrected chi connectivity index (χ3v) is 8.06. The highest BCUT2D eigenvalue weighted by atomic mass is 16.5. The average molecular weight is 444 g/mol. The van der Waals surface area contributed by atoms with E-state index >= 15 is 0 Å². The van der Waals surface area contributed by atoms with Gasteiger partial charge in [0.25, 0.3) is 0 Å². The van der Waals surface area contributed by atoms with E-state index in [0.29, 0.717) is 5.54 Å². The van der Waals surface area contributed by atoms with Gasteiger partial charge in [0, 0.05) is 12.1 Å². The fourth-order valence-electron chi connectivity index (χ4n) is 6.21. The normalized spacial score (nSPS) is 17.4. The van der Waals surface area contributed by atoms with Gasteiger partial charge in [-0.15, -0.1) is 0 Å². The highest BCUT2D eigenvalue weighted by molar-refractivity contribution is 6.01. The Kier molecular flexibility index (Phi) is 6.34. The van der Waals surface area contributed by atoms with Crippen LogP contribution in [0.3, 0.4) is 0 Å². The molecule has 3 heteroatoms. The summed E-state index contributed by atoms with van der Waals surface area (Å²) in [6, 6.07) is 17.7. The van der Waals surface area contributed by atoms with Gasteiger partial charge in [0.1, 0.15) is 11.5 Å². The first-order valence-corrected chi connectivity index (χ1v) is 12.7. The van der Waals surface area contributed by atoms with Gasteiger partial charge < -0.3 is 9.47 Å². The van der Waals surface area contributed by atoms with E-state index in [0.717, 1.165) is 42.9 Å². The van der Waals surface area contributed by atoms with E-state index < -0.39 is 0 Å². The molecule has 1 spiro atoms. The van der Waals surface area contributed by atoms with E-state index in [1.807, 2.05) is 0 Å². The average Bonchev–Trinajstić information content (AvgIpc) is 3.27. The van der Waals surface area contributed by atoms with Crippen molar-refractivity contribution in [2.45, 2.75) is 63.8 Å². The molecule has 1 aliphatic heterocycles. The molecule has 0 bridgehead atoms. The zero-order chi connectivity index (χ0) is 22.8. The Morgan fingerprint density at radius 3 is 2.21 bits per heavy atom. The number of hydrogen-bond acceptors (Lipinski definition) is 3. The second kappa shape index (κ2) is 9.38. The summed E-state index contributed by atoms with van der Waals surface area (Å²) in [7, 11) is 3.55. The molecule has 174 valence electrons. The Balaban J connectivity index is 1.50. The first-order valence-electron chi connectivity index (χ1n) is 12.7. The molecule has 2 aliphatic rings. The number of benzene rings is 3. The third kappa shape index (κ3) is 4.01. The van der Waals surface area contributed by atoms with Crippen LogP contribution in [0.2, 0.25) is 0 Å². The Labute approximate surface area is 198 Å². The monoisotopic (exact) mass is 443 g/mol. The number of likely N-dealkylation sites (tertiary alicyclic amines) is 1. The lowest BCUT2D eigenvalue weighted by molar-refractivity contribution is 0.0572. The van der Waals surface area contributed by atoms with E-state index in [2.05, 4.69) is 60.4 Å². The number of ether oxygens (including phenoxy) is 2. The molecule has 3 aromatic carbocycles. The first-order chi connectivity index (χ1) is 16.2. The van der Waals surface area contributed by atoms with Gasteiger partial charge in [0.2, 0.25) is 0 Å². The van der Waals surface area contributed by atoms with Crippen molar-refractivity contribution in [3.63, 3.8) is 0 Å². The van der Waals surface area contributed by atoms with Gasteiger partial charge in [-0.25, -0.2) is 0 Å². The molecule has 33 heavy (non-hydrogen) atoms. The van der Waals surface area contributed by atoms with Crippen molar-refractivity contribution >= 4 is 10.8 Å². The number of aryl methyl sites for hydroxylation is 1. The molecule has 0 atom stereocenters. The van der Waals surface area contributed by atoms with E-state index in [1.165, 1.54) is 66.1 Å². The van der Waals surface area contributed by atoms with Crippen LogP contribution in [0.1, 0.15) is 56.6 Å². The highest BCUT2D eigenvalue weighted by Gasteiger charge is 2.44. The molecule has 2 fully saturated rings. The van der Waals surface area contributed by atoms with Crippen LogP contribution in [0.15, 0.2) is 48.5 Å². The van der Waals surface area contributed by atoms with E-state index in [4.69, 9.17) is 9.47 Å². The summed E-state index contributed by atoms with van der Waals surface area (Å²) in [6.07, 6.45) is 10.2. The SMILES string of the molecule is CCCc1cccc2c(-c3c(OC)cc(CCN4CCCC45CCC5)cc3OC)cccc12. The Morgan fingerprint density at radius 2 is 1.55 bits per heavy atom. The number of fused-ring (bicyclic) bond motifs is 1. The van der Waals surface area contributed by atoms with Crippen molar-refractivity contribution in [3.8, 4) is 22.6 Å². The Bertz CT molecular complexity index is 1110. The predicted octanol–water partition coefficient (Wildman–Crippen LogP) is 7.04. The van der Waals surface area contributed by atoms with Crippen LogP contribution < -0.4 is 9.47 Å². The standard InChI is InChI=1S/C30H37NO2/c1-4-9-23-10-5-12-25-24(23)11-6-13-26(25)29-27(32-2)20-22(21-28(29)33-3)14-19-31-18-8-17-30(31)15-7-16-30/h5-6,10-13,20-21H,4,7-9,14-19H2,1-3H3. The third-order valence-electron chi connectivity index (χ3n) is 8.06. The van der Waals surface area contributed by atoms with Gasteiger partial charge >= 0.3 is 0 Å². The van der Waals surface area contributed by atoms with Crippen LogP contribution in [-0.2, 0) is 12.8 Å². The molecule has 1 heterocycles. The van der Waals surface area contributed by atoms with E-state index in [-0.39, 0.29) is 0 Å². The smallest absolute Gasteiger partial charge is 0.130 e. The van der Waals surface area contributed by atoms with Crippen molar-refractivity contribution in [2.75, 3.05) is 27.3 Å². The molecule has 3 nitrogen and oxygen atoms in total. The molecule has 0 aromatic heterocycles. The Morgan fingerprint density at radius 1 is 0.848 bits per heavy atom. The lowest BCUT2D eigenvalue weighted by atomic mass is 9.75. The summed E-state index contributed by atoms with van der Waals surface area (Å²) in [4.78, 5) is 2.75. The van der Waals surface area contributed by atoms with Gasteiger partial charge in [0.15, 0.2) is 0 Å². The molecule has 1 saturated heterocycles. The maximum atomic E-state index is 5.96. The van der Waals surface area contributed by atoms with Crippen LogP contribution in [0.25, 0.3) is 21.9 Å². The van der Waals surface area contributed by atoms with Crippen molar-refractivity contribution in [3.05, 3.63) is 59.7 Å². The van der Waals surface area contributed by atoms with Gasteiger partial charge in [-0.2, -0.15) is 0 Å². The molecular formula is C30H37NO2. The maximum absolute atomic E-state index is 5.96. The highest BCUT2D eigenvalue weighted by Crippen LogP contribution is 2.46. The number of rotatable bonds is 8. The molecule has 5 rings (SSSR count). The largest absolute Gasteiger partial charge is 0.496 e. The molecule has 0 amide bonds. The fourth-order valence-corrected chi connectivity index (χ4v) is 6.21. The van der Waals surface area contributed by atoms with Crippen LogP contribution >= 0.6 is 0 Å². The summed E-state index contributed by atoms with van der Waals surface area (Å²) in [5.74, 6) is 1.80. The lowest BCUT2D eigenvalue weighted by Gasteiger charge is -2.46. The number of nitrogens with zero attached hydrogens (tertiary/aromatic N) is 1. The van der Waals surface area contributed by atoms with Crippen molar-refractivity contribution in [1.82, 2.24) is 4.90 Å². The van der Waals surface area contributed by atoms with Crippen LogP contribution in [-0.4, -0.2) is 37.7 Å². The van der Waals surface area contributed by atoms with Crippen molar-refractivity contribution in [1.29, 1.82) is 0 Å². The molecule has 0 unspecified atom stereocenters. The van der Waals surface area contributed by atoms with Gasteiger partial charge in [-0.05, 0) is 91.1 Å². The minimum absolute atomic E-state index is 0.521. The second-order valence-corrected chi connectivity index (χ2v) is 9.86. The second-order valence-electron chi connectivity index (χ2n) is 9.86. The van der Waals surface area contributed by atoms with Gasteiger partial charge in [-0.3, -0.25) is 4.90 Å². The molecule has 1 saturated carbocycles. The van der Waals surface area contributed by atoms with E-state index in [1.54, 1.807) is 14.2 Å². The maximum Gasteiger partial charge on any atom is 0.130 e. The summed E-state index contributed by atoms with van der Waals surface area (Å²) in [5, 5.41) is 2.58. The van der Waals surface area contributed by atoms with Crippen molar-refractivity contribution < 1.29 is 9.47 Å². The summed E-state index contributed by atoms with van der Waals surface area (Å²) >= 11 is 0. The van der Waals surface area contributed by atoms with E-state index in [9.17, 15) is 0 Å². The molecular weight excluding hydrogens is 406 g/mol. The van der Waals surface area contributed by atoms with Gasteiger partial charge in [-0.1, -0.05) is 49.7 Å². The predicted molar refractivity (Wildman–Crippen MR) is 138 cm³/mol. The summed E-state index contributed by atoms with van der Waals surface area (Å²) in [5.41, 5.74) is 5.45. The minimum atomic E-state index is 0.521. The minimum Gasteiger partial charge on any atom is -0.496 e. The Hall–Kier alpha value is -2.52. The molecule has 3 aromatic rings. The van der Waals surface area contributed by atoms with Crippen molar-refractivity contribution in [2.24, 2.45) is 0 Å². The number of methoxy groups -OCH3 is 2. The first kappa shape index (κ1) is 22.3. The molecule has 0 radical (unpaired) electrons. The van der Waals surface area contributed by atoms with Gasteiger partial charge in [0.05, 0.1) is 19.8 Å². The summed E-state index contributed by atoms with van der Waals surface area (Å²) < 4.78 is 11.9. The van der Waals surface area contributed by atoms with Crippen LogP contribution in [0, 0.1) is 0 Å². The zero-order valence-corrected chi connectivity index (χ0v) is 20.5. The molecule has 1 aliphatic carbocycles.